The van der Waals surface area contributed by atoms with Crippen molar-refractivity contribution in [2.24, 2.45) is 0 Å². The molecule has 2 aromatic rings. The van der Waals surface area contributed by atoms with Gasteiger partial charge in [-0.2, -0.15) is 5.10 Å². The van der Waals surface area contributed by atoms with Gasteiger partial charge in [-0.3, -0.25) is 9.48 Å². The average molecular weight is 402 g/mol. The summed E-state index contributed by atoms with van der Waals surface area (Å²) in [5, 5.41) is 5.20. The maximum absolute atomic E-state index is 12.7. The van der Waals surface area contributed by atoms with Crippen LogP contribution in [-0.4, -0.2) is 46.3 Å². The summed E-state index contributed by atoms with van der Waals surface area (Å²) in [6, 6.07) is 9.10. The number of ether oxygens (including phenoxy) is 1. The van der Waals surface area contributed by atoms with Crippen molar-refractivity contribution in [1.29, 1.82) is 0 Å². The first-order valence-electron chi connectivity index (χ1n) is 9.88. The van der Waals surface area contributed by atoms with Crippen molar-refractivity contribution in [1.82, 2.24) is 14.7 Å². The predicted molar refractivity (Wildman–Crippen MR) is 106 cm³/mol. The molecule has 1 aromatic heterocycles. The fraction of sp³-hybridized carbons (Fsp3) is 0.476. The molecule has 2 heterocycles. The van der Waals surface area contributed by atoms with Crippen LogP contribution in [0, 0.1) is 0 Å². The minimum Gasteiger partial charge on any atom is -0.461 e. The van der Waals surface area contributed by atoms with Crippen LogP contribution in [0.5, 0.6) is 0 Å². The molecule has 6 nitrogen and oxygen atoms in total. The Balaban J connectivity index is 1.45. The standard InChI is InChI=1S/C21H24ClN3O3/c1-2-28-21(27)18-13-19(14-3-4-14)25(23-18)17-9-11-24(12-10-17)20(26)15-5-7-16(22)8-6-15/h5-8,13-14,17H,2-4,9-12H2,1H3. The Labute approximate surface area is 169 Å². The van der Waals surface area contributed by atoms with Gasteiger partial charge in [-0.25, -0.2) is 4.79 Å². The summed E-state index contributed by atoms with van der Waals surface area (Å²) in [5.41, 5.74) is 2.18. The van der Waals surface area contributed by atoms with Crippen molar-refractivity contribution in [3.8, 4) is 0 Å². The van der Waals surface area contributed by atoms with Crippen LogP contribution in [0.2, 0.25) is 5.02 Å². The van der Waals surface area contributed by atoms with Crippen molar-refractivity contribution in [3.05, 3.63) is 52.3 Å². The van der Waals surface area contributed by atoms with E-state index in [0.717, 1.165) is 31.4 Å². The molecule has 1 aliphatic heterocycles. The number of carbonyl (C=O) groups excluding carboxylic acids is 2. The summed E-state index contributed by atoms with van der Waals surface area (Å²) < 4.78 is 7.13. The van der Waals surface area contributed by atoms with Crippen molar-refractivity contribution >= 4 is 23.5 Å². The number of rotatable bonds is 5. The smallest absolute Gasteiger partial charge is 0.358 e. The lowest BCUT2D eigenvalue weighted by Gasteiger charge is -2.33. The first-order chi connectivity index (χ1) is 13.6. The monoisotopic (exact) mass is 401 g/mol. The first-order valence-corrected chi connectivity index (χ1v) is 10.3. The van der Waals surface area contributed by atoms with E-state index < -0.39 is 0 Å². The first kappa shape index (κ1) is 19.0. The molecule has 1 aliphatic carbocycles. The van der Waals surface area contributed by atoms with E-state index in [2.05, 4.69) is 5.10 Å². The van der Waals surface area contributed by atoms with Crippen LogP contribution in [0.25, 0.3) is 0 Å². The minimum atomic E-state index is -0.362. The second kappa shape index (κ2) is 7.95. The second-order valence-electron chi connectivity index (χ2n) is 7.42. The highest BCUT2D eigenvalue weighted by Crippen LogP contribution is 2.42. The number of hydrogen-bond donors (Lipinski definition) is 0. The zero-order valence-corrected chi connectivity index (χ0v) is 16.7. The summed E-state index contributed by atoms with van der Waals surface area (Å²) in [7, 11) is 0. The van der Waals surface area contributed by atoms with Crippen LogP contribution in [0.4, 0.5) is 0 Å². The Morgan fingerprint density at radius 3 is 2.43 bits per heavy atom. The number of halogens is 1. The molecule has 1 saturated carbocycles. The molecule has 1 aromatic carbocycles. The summed E-state index contributed by atoms with van der Waals surface area (Å²) in [4.78, 5) is 26.7. The van der Waals surface area contributed by atoms with Crippen LogP contribution in [0.3, 0.4) is 0 Å². The van der Waals surface area contributed by atoms with Gasteiger partial charge >= 0.3 is 5.97 Å². The van der Waals surface area contributed by atoms with Crippen molar-refractivity contribution in [2.45, 2.75) is 44.6 Å². The number of amides is 1. The SMILES string of the molecule is CCOC(=O)c1cc(C2CC2)n(C2CCN(C(=O)c3ccc(Cl)cc3)CC2)n1. The number of benzene rings is 1. The topological polar surface area (TPSA) is 64.4 Å². The van der Waals surface area contributed by atoms with E-state index in [1.807, 2.05) is 15.6 Å². The van der Waals surface area contributed by atoms with Gasteiger partial charge in [0.15, 0.2) is 5.69 Å². The van der Waals surface area contributed by atoms with Crippen LogP contribution in [0.1, 0.15) is 71.1 Å². The Kier molecular flexibility index (Phi) is 5.40. The summed E-state index contributed by atoms with van der Waals surface area (Å²) in [5.74, 6) is 0.160. The Bertz CT molecular complexity index is 866. The maximum Gasteiger partial charge on any atom is 0.358 e. The fourth-order valence-electron chi connectivity index (χ4n) is 3.78. The van der Waals surface area contributed by atoms with Crippen LogP contribution < -0.4 is 0 Å². The molecule has 1 saturated heterocycles. The Hall–Kier alpha value is -2.34. The summed E-state index contributed by atoms with van der Waals surface area (Å²) in [6.45, 7) is 3.48. The molecule has 0 bridgehead atoms. The highest BCUT2D eigenvalue weighted by atomic mass is 35.5. The molecule has 4 rings (SSSR count). The van der Waals surface area contributed by atoms with Gasteiger partial charge in [0.1, 0.15) is 0 Å². The van der Waals surface area contributed by atoms with E-state index in [-0.39, 0.29) is 17.9 Å². The molecular weight excluding hydrogens is 378 g/mol. The molecular formula is C21H24ClN3O3. The third-order valence-corrected chi connectivity index (χ3v) is 5.69. The number of nitrogens with zero attached hydrogens (tertiary/aromatic N) is 3. The van der Waals surface area contributed by atoms with E-state index in [4.69, 9.17) is 16.3 Å². The zero-order chi connectivity index (χ0) is 19.7. The molecule has 0 atom stereocenters. The highest BCUT2D eigenvalue weighted by molar-refractivity contribution is 6.30. The molecule has 2 fully saturated rings. The maximum atomic E-state index is 12.7. The van der Waals surface area contributed by atoms with E-state index in [1.54, 1.807) is 31.2 Å². The van der Waals surface area contributed by atoms with Crippen LogP contribution >= 0.6 is 11.6 Å². The Morgan fingerprint density at radius 1 is 1.14 bits per heavy atom. The third-order valence-electron chi connectivity index (χ3n) is 5.43. The fourth-order valence-corrected chi connectivity index (χ4v) is 3.90. The lowest BCUT2D eigenvalue weighted by Crippen LogP contribution is -2.39. The van der Waals surface area contributed by atoms with Gasteiger partial charge in [-0.15, -0.1) is 0 Å². The van der Waals surface area contributed by atoms with Gasteiger partial charge in [0.25, 0.3) is 5.91 Å². The molecule has 7 heteroatoms. The number of hydrogen-bond acceptors (Lipinski definition) is 4. The summed E-state index contributed by atoms with van der Waals surface area (Å²) >= 11 is 5.91. The highest BCUT2D eigenvalue weighted by Gasteiger charge is 2.33. The molecule has 0 N–H and O–H groups in total. The van der Waals surface area contributed by atoms with Crippen molar-refractivity contribution in [3.63, 3.8) is 0 Å². The van der Waals surface area contributed by atoms with Gasteiger partial charge in [0, 0.05) is 35.3 Å². The normalized spacial score (nSPS) is 17.6. The predicted octanol–water partition coefficient (Wildman–Crippen LogP) is 4.07. The average Bonchev–Trinajstić information content (AvgIpc) is 3.46. The number of aromatic nitrogens is 2. The van der Waals surface area contributed by atoms with Gasteiger partial charge in [-0.1, -0.05) is 11.6 Å². The van der Waals surface area contributed by atoms with Crippen LogP contribution in [-0.2, 0) is 4.74 Å². The molecule has 0 spiro atoms. The summed E-state index contributed by atoms with van der Waals surface area (Å²) in [6.07, 6.45) is 3.93. The molecule has 28 heavy (non-hydrogen) atoms. The van der Waals surface area contributed by atoms with Crippen molar-refractivity contribution in [2.75, 3.05) is 19.7 Å². The molecule has 1 amide bonds. The molecule has 0 radical (unpaired) electrons. The lowest BCUT2D eigenvalue weighted by atomic mass is 10.0. The molecule has 2 aliphatic rings. The van der Waals surface area contributed by atoms with E-state index in [1.165, 1.54) is 0 Å². The number of piperidine rings is 1. The van der Waals surface area contributed by atoms with Gasteiger partial charge < -0.3 is 9.64 Å². The minimum absolute atomic E-state index is 0.0326. The number of likely N-dealkylation sites (tertiary alicyclic amines) is 1. The second-order valence-corrected chi connectivity index (χ2v) is 7.86. The van der Waals surface area contributed by atoms with Gasteiger partial charge in [-0.05, 0) is 62.9 Å². The van der Waals surface area contributed by atoms with E-state index in [0.29, 0.717) is 41.9 Å². The van der Waals surface area contributed by atoms with Gasteiger partial charge in [0.2, 0.25) is 0 Å². The largest absolute Gasteiger partial charge is 0.461 e. The van der Waals surface area contributed by atoms with Gasteiger partial charge in [0.05, 0.1) is 12.6 Å². The molecule has 0 unspecified atom stereocenters. The van der Waals surface area contributed by atoms with E-state index >= 15 is 0 Å². The number of carbonyl (C=O) groups is 2. The molecule has 148 valence electrons. The van der Waals surface area contributed by atoms with Crippen LogP contribution in [0.15, 0.2) is 30.3 Å². The van der Waals surface area contributed by atoms with E-state index in [9.17, 15) is 9.59 Å². The lowest BCUT2D eigenvalue weighted by molar-refractivity contribution is 0.0517. The van der Waals surface area contributed by atoms with Crippen molar-refractivity contribution < 1.29 is 14.3 Å². The number of esters is 1. The third kappa shape index (κ3) is 3.92. The Morgan fingerprint density at radius 2 is 1.82 bits per heavy atom. The quantitative estimate of drug-likeness (QED) is 0.708. The zero-order valence-electron chi connectivity index (χ0n) is 15.9.